The van der Waals surface area contributed by atoms with Crippen molar-refractivity contribution >= 4 is 11.7 Å². The van der Waals surface area contributed by atoms with E-state index in [-0.39, 0.29) is 0 Å². The second-order valence-corrected chi connectivity index (χ2v) is 4.68. The van der Waals surface area contributed by atoms with Crippen LogP contribution in [0.5, 0.6) is 0 Å². The van der Waals surface area contributed by atoms with Gasteiger partial charge in [-0.05, 0) is 24.8 Å². The Morgan fingerprint density at radius 2 is 2.44 bits per heavy atom. The monoisotopic (exact) mass is 245 g/mol. The maximum atomic E-state index is 11.3. The molecule has 2 heterocycles. The highest BCUT2D eigenvalue weighted by atomic mass is 16.4. The first kappa shape index (κ1) is 12.4. The number of aromatic nitrogens is 1. The zero-order valence-electron chi connectivity index (χ0n) is 10.2. The van der Waals surface area contributed by atoms with Crippen LogP contribution in [0, 0.1) is 17.2 Å². The van der Waals surface area contributed by atoms with Gasteiger partial charge >= 0.3 is 5.97 Å². The Morgan fingerprint density at radius 3 is 3.11 bits per heavy atom. The van der Waals surface area contributed by atoms with Crippen molar-refractivity contribution < 1.29 is 9.90 Å². The predicted molar refractivity (Wildman–Crippen MR) is 66.1 cm³/mol. The van der Waals surface area contributed by atoms with Crippen molar-refractivity contribution in [3.05, 3.63) is 24.0 Å². The number of hydrogen-bond acceptors (Lipinski definition) is 4. The minimum Gasteiger partial charge on any atom is -0.480 e. The van der Waals surface area contributed by atoms with Gasteiger partial charge in [0.05, 0.1) is 17.4 Å². The van der Waals surface area contributed by atoms with Crippen molar-refractivity contribution in [3.63, 3.8) is 0 Å². The molecular weight excluding hydrogens is 230 g/mol. The van der Waals surface area contributed by atoms with E-state index in [2.05, 4.69) is 18.0 Å². The fourth-order valence-corrected chi connectivity index (χ4v) is 2.37. The first-order valence-corrected chi connectivity index (χ1v) is 5.97. The number of carboxylic acid groups (broad SMARTS) is 1. The lowest BCUT2D eigenvalue weighted by Gasteiger charge is -2.37. The predicted octanol–water partition coefficient (Wildman–Crippen LogP) is 1.64. The molecule has 0 aliphatic carbocycles. The van der Waals surface area contributed by atoms with Gasteiger partial charge in [0.15, 0.2) is 0 Å². The Kier molecular flexibility index (Phi) is 3.47. The van der Waals surface area contributed by atoms with Crippen LogP contribution in [0.25, 0.3) is 0 Å². The SMILES string of the molecule is CC1CCN(c2cnccc2C#N)C(C(=O)O)C1. The second kappa shape index (κ2) is 5.05. The summed E-state index contributed by atoms with van der Waals surface area (Å²) >= 11 is 0. The van der Waals surface area contributed by atoms with E-state index >= 15 is 0 Å². The van der Waals surface area contributed by atoms with E-state index in [0.29, 0.717) is 30.1 Å². The average molecular weight is 245 g/mol. The molecule has 0 saturated carbocycles. The van der Waals surface area contributed by atoms with Crippen molar-refractivity contribution in [2.24, 2.45) is 5.92 Å². The molecule has 1 fully saturated rings. The molecule has 2 atom stereocenters. The minimum absolute atomic E-state index is 0.393. The summed E-state index contributed by atoms with van der Waals surface area (Å²) < 4.78 is 0. The molecule has 0 spiro atoms. The standard InChI is InChI=1S/C13H15N3O2/c1-9-3-5-16(11(6-9)13(17)18)12-8-15-4-2-10(12)7-14/h2,4,8-9,11H,3,5-6H2,1H3,(H,17,18). The van der Waals surface area contributed by atoms with Crippen molar-refractivity contribution in [2.75, 3.05) is 11.4 Å². The Labute approximate surface area is 106 Å². The minimum atomic E-state index is -0.839. The lowest BCUT2D eigenvalue weighted by Crippen LogP contribution is -2.47. The molecule has 5 nitrogen and oxygen atoms in total. The summed E-state index contributed by atoms with van der Waals surface area (Å²) in [5, 5.41) is 18.4. The molecule has 2 rings (SSSR count). The van der Waals surface area contributed by atoms with Gasteiger partial charge in [-0.15, -0.1) is 0 Å². The Hall–Kier alpha value is -2.09. The first-order chi connectivity index (χ1) is 8.63. The lowest BCUT2D eigenvalue weighted by atomic mass is 9.91. The third kappa shape index (κ3) is 2.28. The van der Waals surface area contributed by atoms with Gasteiger partial charge in [0.2, 0.25) is 0 Å². The molecule has 1 aromatic rings. The van der Waals surface area contributed by atoms with Gasteiger partial charge in [0.25, 0.3) is 0 Å². The number of anilines is 1. The van der Waals surface area contributed by atoms with Crippen LogP contribution in [0.1, 0.15) is 25.3 Å². The van der Waals surface area contributed by atoms with E-state index in [9.17, 15) is 9.90 Å². The average Bonchev–Trinajstić information content (AvgIpc) is 2.38. The summed E-state index contributed by atoms with van der Waals surface area (Å²) in [7, 11) is 0. The number of carbonyl (C=O) groups is 1. The van der Waals surface area contributed by atoms with Crippen LogP contribution in [0.15, 0.2) is 18.5 Å². The number of pyridine rings is 1. The highest BCUT2D eigenvalue weighted by molar-refractivity contribution is 5.79. The zero-order chi connectivity index (χ0) is 13.1. The van der Waals surface area contributed by atoms with Crippen molar-refractivity contribution in [2.45, 2.75) is 25.8 Å². The normalized spacial score (nSPS) is 23.4. The molecule has 94 valence electrons. The van der Waals surface area contributed by atoms with Crippen LogP contribution < -0.4 is 4.90 Å². The van der Waals surface area contributed by atoms with E-state index in [4.69, 9.17) is 5.26 Å². The number of nitrogens with zero attached hydrogens (tertiary/aromatic N) is 3. The van der Waals surface area contributed by atoms with Crippen LogP contribution in [0.3, 0.4) is 0 Å². The third-order valence-electron chi connectivity index (χ3n) is 3.38. The molecule has 0 bridgehead atoms. The molecule has 0 radical (unpaired) electrons. The largest absolute Gasteiger partial charge is 0.480 e. The van der Waals surface area contributed by atoms with Gasteiger partial charge in [-0.2, -0.15) is 5.26 Å². The van der Waals surface area contributed by atoms with Gasteiger partial charge in [-0.1, -0.05) is 6.92 Å². The summed E-state index contributed by atoms with van der Waals surface area (Å²) in [6, 6.07) is 3.14. The van der Waals surface area contributed by atoms with Crippen molar-refractivity contribution in [1.82, 2.24) is 4.98 Å². The van der Waals surface area contributed by atoms with Crippen molar-refractivity contribution in [1.29, 1.82) is 5.26 Å². The fourth-order valence-electron chi connectivity index (χ4n) is 2.37. The van der Waals surface area contributed by atoms with Crippen LogP contribution in [-0.4, -0.2) is 28.6 Å². The molecule has 1 aliphatic heterocycles. The lowest BCUT2D eigenvalue weighted by molar-refractivity contribution is -0.139. The van der Waals surface area contributed by atoms with E-state index in [1.54, 1.807) is 23.4 Å². The Balaban J connectivity index is 2.36. The zero-order valence-corrected chi connectivity index (χ0v) is 10.2. The number of carboxylic acids is 1. The van der Waals surface area contributed by atoms with Crippen molar-refractivity contribution in [3.8, 4) is 6.07 Å². The Bertz CT molecular complexity index is 495. The summed E-state index contributed by atoms with van der Waals surface area (Å²) in [4.78, 5) is 17.1. The molecule has 0 amide bonds. The topological polar surface area (TPSA) is 77.2 Å². The number of piperidine rings is 1. The second-order valence-electron chi connectivity index (χ2n) is 4.68. The number of nitriles is 1. The maximum Gasteiger partial charge on any atom is 0.326 e. The summed E-state index contributed by atoms with van der Waals surface area (Å²) in [6.45, 7) is 2.71. The van der Waals surface area contributed by atoms with Gasteiger partial charge in [-0.3, -0.25) is 4.98 Å². The molecule has 1 N–H and O–H groups in total. The smallest absolute Gasteiger partial charge is 0.326 e. The van der Waals surface area contributed by atoms with Crippen LogP contribution in [0.2, 0.25) is 0 Å². The van der Waals surface area contributed by atoms with Gasteiger partial charge in [0, 0.05) is 12.7 Å². The maximum absolute atomic E-state index is 11.3. The van der Waals surface area contributed by atoms with E-state index < -0.39 is 12.0 Å². The molecule has 1 aliphatic rings. The summed E-state index contributed by atoms with van der Waals surface area (Å²) in [5.41, 5.74) is 1.10. The highest BCUT2D eigenvalue weighted by Gasteiger charge is 2.32. The van der Waals surface area contributed by atoms with E-state index in [1.165, 1.54) is 0 Å². The molecule has 18 heavy (non-hydrogen) atoms. The van der Waals surface area contributed by atoms with Gasteiger partial charge in [-0.25, -0.2) is 4.79 Å². The number of aliphatic carboxylic acids is 1. The molecule has 1 saturated heterocycles. The van der Waals surface area contributed by atoms with Crippen LogP contribution >= 0.6 is 0 Å². The fraction of sp³-hybridized carbons (Fsp3) is 0.462. The van der Waals surface area contributed by atoms with Gasteiger partial charge < -0.3 is 10.0 Å². The van der Waals surface area contributed by atoms with E-state index in [1.807, 2.05) is 0 Å². The quantitative estimate of drug-likeness (QED) is 0.857. The summed E-state index contributed by atoms with van der Waals surface area (Å²) in [5.74, 6) is -0.446. The molecule has 2 unspecified atom stereocenters. The number of rotatable bonds is 2. The molecule has 0 aromatic carbocycles. The highest BCUT2D eigenvalue weighted by Crippen LogP contribution is 2.29. The summed E-state index contributed by atoms with van der Waals surface area (Å²) in [6.07, 6.45) is 4.66. The van der Waals surface area contributed by atoms with Gasteiger partial charge in [0.1, 0.15) is 12.1 Å². The van der Waals surface area contributed by atoms with E-state index in [0.717, 1.165) is 6.42 Å². The Morgan fingerprint density at radius 1 is 1.67 bits per heavy atom. The molecule has 5 heteroatoms. The van der Waals surface area contributed by atoms with Crippen LogP contribution in [0.4, 0.5) is 5.69 Å². The third-order valence-corrected chi connectivity index (χ3v) is 3.38. The van der Waals surface area contributed by atoms with Crippen LogP contribution in [-0.2, 0) is 4.79 Å². The molecular formula is C13H15N3O2. The number of hydrogen-bond donors (Lipinski definition) is 1. The first-order valence-electron chi connectivity index (χ1n) is 5.97. The molecule has 1 aromatic heterocycles.